The van der Waals surface area contributed by atoms with Crippen LogP contribution in [0.5, 0.6) is 0 Å². The highest BCUT2D eigenvalue weighted by molar-refractivity contribution is 5.82. The summed E-state index contributed by atoms with van der Waals surface area (Å²) in [7, 11) is 1.84. The molecule has 0 bridgehead atoms. The Morgan fingerprint density at radius 2 is 2.12 bits per heavy atom. The third kappa shape index (κ3) is 3.44. The molecule has 4 heteroatoms. The minimum atomic E-state index is -0.258. The molecule has 0 N–H and O–H groups in total. The first-order chi connectivity index (χ1) is 7.91. The van der Waals surface area contributed by atoms with Crippen molar-refractivity contribution in [1.29, 1.82) is 5.26 Å². The van der Waals surface area contributed by atoms with Gasteiger partial charge in [-0.05, 0) is 18.4 Å². The highest BCUT2D eigenvalue weighted by Gasteiger charge is 2.37. The lowest BCUT2D eigenvalue weighted by molar-refractivity contribution is -0.134. The molecule has 4 nitrogen and oxygen atoms in total. The molecule has 0 aromatic heterocycles. The molecule has 1 unspecified atom stereocenters. The molecule has 0 spiro atoms. The number of carbonyl (C=O) groups is 1. The molecule has 17 heavy (non-hydrogen) atoms. The summed E-state index contributed by atoms with van der Waals surface area (Å²) >= 11 is 0. The molecule has 0 aliphatic carbocycles. The summed E-state index contributed by atoms with van der Waals surface area (Å²) in [4.78, 5) is 16.2. The first-order valence-corrected chi connectivity index (χ1v) is 6.27. The van der Waals surface area contributed by atoms with Gasteiger partial charge < -0.3 is 4.90 Å². The summed E-state index contributed by atoms with van der Waals surface area (Å²) in [6.45, 7) is 8.98. The van der Waals surface area contributed by atoms with E-state index in [4.69, 9.17) is 5.26 Å². The van der Waals surface area contributed by atoms with Crippen LogP contribution < -0.4 is 0 Å². The van der Waals surface area contributed by atoms with Gasteiger partial charge in [0.05, 0.1) is 12.5 Å². The van der Waals surface area contributed by atoms with E-state index in [-0.39, 0.29) is 17.4 Å². The first kappa shape index (κ1) is 14.0. The van der Waals surface area contributed by atoms with Crippen molar-refractivity contribution in [1.82, 2.24) is 9.80 Å². The van der Waals surface area contributed by atoms with Crippen LogP contribution in [0.15, 0.2) is 0 Å². The summed E-state index contributed by atoms with van der Waals surface area (Å²) in [5.74, 6) is 0.0885. The van der Waals surface area contributed by atoms with Gasteiger partial charge >= 0.3 is 0 Å². The van der Waals surface area contributed by atoms with Crippen molar-refractivity contribution in [3.05, 3.63) is 0 Å². The minimum absolute atomic E-state index is 0.0871. The zero-order chi connectivity index (χ0) is 13.1. The molecule has 1 rings (SSSR count). The van der Waals surface area contributed by atoms with Gasteiger partial charge in [0.15, 0.2) is 0 Å². The lowest BCUT2D eigenvalue weighted by Gasteiger charge is -2.31. The number of nitrogens with zero attached hydrogens (tertiary/aromatic N) is 3. The molecular formula is C13H23N3O. The quantitative estimate of drug-likeness (QED) is 0.747. The van der Waals surface area contributed by atoms with E-state index in [9.17, 15) is 4.79 Å². The smallest absolute Gasteiger partial charge is 0.240 e. The molecule has 1 aliphatic rings. The van der Waals surface area contributed by atoms with Crippen LogP contribution in [0.4, 0.5) is 0 Å². The number of likely N-dealkylation sites (N-methyl/N-ethyl adjacent to an activating group) is 1. The molecule has 1 amide bonds. The van der Waals surface area contributed by atoms with Crippen LogP contribution >= 0.6 is 0 Å². The molecule has 1 fully saturated rings. The zero-order valence-electron chi connectivity index (χ0n) is 11.4. The van der Waals surface area contributed by atoms with Crippen molar-refractivity contribution >= 4 is 5.91 Å². The van der Waals surface area contributed by atoms with Crippen molar-refractivity contribution in [3.63, 3.8) is 0 Å². The first-order valence-electron chi connectivity index (χ1n) is 6.27. The van der Waals surface area contributed by atoms with E-state index in [2.05, 4.69) is 31.7 Å². The second-order valence-corrected chi connectivity index (χ2v) is 5.71. The topological polar surface area (TPSA) is 47.3 Å². The molecule has 96 valence electrons. The molecular weight excluding hydrogens is 214 g/mol. The highest BCUT2D eigenvalue weighted by atomic mass is 16.2. The van der Waals surface area contributed by atoms with Gasteiger partial charge in [-0.2, -0.15) is 5.26 Å². The fourth-order valence-corrected chi connectivity index (χ4v) is 2.67. The Labute approximate surface area is 104 Å². The van der Waals surface area contributed by atoms with E-state index in [0.717, 1.165) is 26.1 Å². The van der Waals surface area contributed by atoms with E-state index in [1.165, 1.54) is 0 Å². The summed E-state index contributed by atoms with van der Waals surface area (Å²) < 4.78 is 0. The summed E-state index contributed by atoms with van der Waals surface area (Å²) in [5.41, 5.74) is 0.0871. The maximum atomic E-state index is 12.2. The number of carbonyl (C=O) groups excluding carboxylic acids is 1. The van der Waals surface area contributed by atoms with Gasteiger partial charge in [0, 0.05) is 20.1 Å². The van der Waals surface area contributed by atoms with E-state index in [1.807, 2.05) is 7.05 Å². The molecule has 0 aromatic rings. The standard InChI is InChI=1S/C13H23N3O/c1-5-8-16-10-13(2,3)9-15(4)12(17)11(16)6-7-14/h11H,5-6,8-10H2,1-4H3. The second kappa shape index (κ2) is 5.50. The summed E-state index contributed by atoms with van der Waals surface area (Å²) in [6, 6.07) is 1.89. The molecule has 0 saturated carbocycles. The van der Waals surface area contributed by atoms with Crippen LogP contribution in [0.1, 0.15) is 33.6 Å². The third-order valence-electron chi connectivity index (χ3n) is 3.19. The normalized spacial score (nSPS) is 25.5. The van der Waals surface area contributed by atoms with Crippen molar-refractivity contribution in [3.8, 4) is 6.07 Å². The maximum Gasteiger partial charge on any atom is 0.240 e. The van der Waals surface area contributed by atoms with E-state index >= 15 is 0 Å². The number of amides is 1. The Bertz CT molecular complexity index is 319. The van der Waals surface area contributed by atoms with Gasteiger partial charge in [-0.15, -0.1) is 0 Å². The van der Waals surface area contributed by atoms with Gasteiger partial charge in [0.25, 0.3) is 0 Å². The molecule has 1 heterocycles. The van der Waals surface area contributed by atoms with Crippen molar-refractivity contribution < 1.29 is 4.79 Å². The molecule has 1 saturated heterocycles. The van der Waals surface area contributed by atoms with E-state index in [1.54, 1.807) is 4.90 Å². The van der Waals surface area contributed by atoms with Gasteiger partial charge in [-0.25, -0.2) is 0 Å². The number of hydrogen-bond acceptors (Lipinski definition) is 3. The van der Waals surface area contributed by atoms with Gasteiger partial charge in [0.2, 0.25) is 5.91 Å². The lowest BCUT2D eigenvalue weighted by atomic mass is 9.92. The van der Waals surface area contributed by atoms with Gasteiger partial charge in [0.1, 0.15) is 6.04 Å². The van der Waals surface area contributed by atoms with Gasteiger partial charge in [-0.1, -0.05) is 20.8 Å². The van der Waals surface area contributed by atoms with Crippen LogP contribution in [0, 0.1) is 16.7 Å². The third-order valence-corrected chi connectivity index (χ3v) is 3.19. The Morgan fingerprint density at radius 3 is 2.65 bits per heavy atom. The molecule has 1 atom stereocenters. The Balaban J connectivity index is 2.96. The molecule has 0 radical (unpaired) electrons. The Kier molecular flexibility index (Phi) is 4.53. The maximum absolute atomic E-state index is 12.2. The number of hydrogen-bond donors (Lipinski definition) is 0. The predicted molar refractivity (Wildman–Crippen MR) is 67.3 cm³/mol. The zero-order valence-corrected chi connectivity index (χ0v) is 11.4. The summed E-state index contributed by atoms with van der Waals surface area (Å²) in [5, 5.41) is 8.88. The minimum Gasteiger partial charge on any atom is -0.344 e. The van der Waals surface area contributed by atoms with Crippen LogP contribution in [0.2, 0.25) is 0 Å². The summed E-state index contributed by atoms with van der Waals surface area (Å²) in [6.07, 6.45) is 1.30. The molecule has 0 aromatic carbocycles. The van der Waals surface area contributed by atoms with Gasteiger partial charge in [-0.3, -0.25) is 9.69 Å². The molecule has 1 aliphatic heterocycles. The predicted octanol–water partition coefficient (Wildman–Crippen LogP) is 1.48. The second-order valence-electron chi connectivity index (χ2n) is 5.71. The van der Waals surface area contributed by atoms with Crippen molar-refractivity contribution in [2.75, 3.05) is 26.7 Å². The largest absolute Gasteiger partial charge is 0.344 e. The average molecular weight is 237 g/mol. The van der Waals surface area contributed by atoms with Crippen LogP contribution in [-0.4, -0.2) is 48.4 Å². The SMILES string of the molecule is CCCN1CC(C)(C)CN(C)C(=O)C1CC#N. The fourth-order valence-electron chi connectivity index (χ4n) is 2.67. The Morgan fingerprint density at radius 1 is 1.47 bits per heavy atom. The number of nitriles is 1. The number of rotatable bonds is 3. The van der Waals surface area contributed by atoms with Crippen molar-refractivity contribution in [2.24, 2.45) is 5.41 Å². The van der Waals surface area contributed by atoms with E-state index in [0.29, 0.717) is 6.42 Å². The van der Waals surface area contributed by atoms with Crippen LogP contribution in [-0.2, 0) is 4.79 Å². The monoisotopic (exact) mass is 237 g/mol. The van der Waals surface area contributed by atoms with E-state index < -0.39 is 0 Å². The average Bonchev–Trinajstić information content (AvgIpc) is 2.29. The Hall–Kier alpha value is -1.08. The highest BCUT2D eigenvalue weighted by Crippen LogP contribution is 2.25. The van der Waals surface area contributed by atoms with Crippen LogP contribution in [0.25, 0.3) is 0 Å². The van der Waals surface area contributed by atoms with Crippen LogP contribution in [0.3, 0.4) is 0 Å². The van der Waals surface area contributed by atoms with Crippen molar-refractivity contribution in [2.45, 2.75) is 39.7 Å². The lowest BCUT2D eigenvalue weighted by Crippen LogP contribution is -2.45. The fraction of sp³-hybridized carbons (Fsp3) is 0.846.